The molecule has 4 aromatic rings. The van der Waals surface area contributed by atoms with Gasteiger partial charge in [-0.05, 0) is 196 Å². The van der Waals surface area contributed by atoms with Gasteiger partial charge in [-0.3, -0.25) is 0 Å². The Morgan fingerprint density at radius 1 is 0.424 bits per heavy atom. The summed E-state index contributed by atoms with van der Waals surface area (Å²) in [6, 6.07) is 20.8. The highest BCUT2D eigenvalue weighted by atomic mass is 19.2. The van der Waals surface area contributed by atoms with Gasteiger partial charge in [-0.1, -0.05) is 121 Å². The third kappa shape index (κ3) is 14.5. The van der Waals surface area contributed by atoms with Gasteiger partial charge < -0.3 is 15.3 Å². The first-order chi connectivity index (χ1) is 32.0. The van der Waals surface area contributed by atoms with Gasteiger partial charge in [0.1, 0.15) is 5.75 Å². The first-order valence-corrected chi connectivity index (χ1v) is 26.2. The molecule has 3 nitrogen and oxygen atoms in total. The van der Waals surface area contributed by atoms with Crippen molar-refractivity contribution in [1.82, 2.24) is 0 Å². The van der Waals surface area contributed by atoms with Crippen molar-refractivity contribution in [3.63, 3.8) is 0 Å². The zero-order valence-electron chi connectivity index (χ0n) is 40.4. The lowest BCUT2D eigenvalue weighted by Crippen LogP contribution is -2.25. The molecule has 4 fully saturated rings. The molecule has 4 aromatic carbocycles. The lowest BCUT2D eigenvalue weighted by Gasteiger charge is -2.38. The third-order valence-corrected chi connectivity index (χ3v) is 16.3. The number of phenolic OH excluding ortho intramolecular Hbond substituents is 3. The van der Waals surface area contributed by atoms with E-state index in [9.17, 15) is 32.9 Å². The van der Waals surface area contributed by atoms with Crippen molar-refractivity contribution in [2.75, 3.05) is 0 Å². The maximum Gasteiger partial charge on any atom is 0.200 e. The fraction of sp³-hybridized carbons (Fsp3) is 0.593. The van der Waals surface area contributed by atoms with Gasteiger partial charge in [0, 0.05) is 5.56 Å². The summed E-state index contributed by atoms with van der Waals surface area (Å²) in [5, 5.41) is 27.8. The zero-order chi connectivity index (χ0) is 47.0. The molecule has 0 unspecified atom stereocenters. The van der Waals surface area contributed by atoms with E-state index in [4.69, 9.17) is 0 Å². The largest absolute Gasteiger partial charge is 0.508 e. The molecule has 0 bridgehead atoms. The molecule has 4 aliphatic rings. The molecule has 362 valence electrons. The molecule has 3 N–H and O–H groups in total. The first kappa shape index (κ1) is 51.4. The highest BCUT2D eigenvalue weighted by Crippen LogP contribution is 2.45. The van der Waals surface area contributed by atoms with E-state index in [1.54, 1.807) is 0 Å². The van der Waals surface area contributed by atoms with Crippen LogP contribution in [0.1, 0.15) is 209 Å². The molecule has 0 atom stereocenters. The topological polar surface area (TPSA) is 60.7 Å². The summed E-state index contributed by atoms with van der Waals surface area (Å²) >= 11 is 0. The summed E-state index contributed by atoms with van der Waals surface area (Å²) in [7, 11) is 0. The van der Waals surface area contributed by atoms with Crippen LogP contribution in [0.2, 0.25) is 0 Å². The molecular weight excluding hydrogens is 833 g/mol. The second kappa shape index (κ2) is 25.9. The minimum atomic E-state index is -1.19. The highest BCUT2D eigenvalue weighted by Gasteiger charge is 2.32. The van der Waals surface area contributed by atoms with Crippen molar-refractivity contribution in [1.29, 1.82) is 0 Å². The number of halogens is 4. The predicted molar refractivity (Wildman–Crippen MR) is 263 cm³/mol. The second-order valence-corrected chi connectivity index (χ2v) is 20.7. The molecule has 0 radical (unpaired) electrons. The van der Waals surface area contributed by atoms with Crippen molar-refractivity contribution >= 4 is 0 Å². The number of phenols is 3. The average Bonchev–Trinajstić information content (AvgIpc) is 3.34. The minimum absolute atomic E-state index is 0.184. The summed E-state index contributed by atoms with van der Waals surface area (Å²) in [4.78, 5) is 0. The van der Waals surface area contributed by atoms with Gasteiger partial charge in [0.05, 0.1) is 0 Å². The SMILES string of the molecule is CCCC1CCC(C2CCC(c3cc(F)c(O)c(F)c3)CC2)CC1.CCCC1CCC(c2ccc(-c3ccc(O)c(F)c3F)cc2)CC1.CCCCCC1CCC(c2ccc(O)cc2)CC1. The molecule has 8 rings (SSSR count). The maximum absolute atomic E-state index is 14.0. The summed E-state index contributed by atoms with van der Waals surface area (Å²) < 4.78 is 54.6. The Kier molecular flexibility index (Phi) is 20.2. The first-order valence-electron chi connectivity index (χ1n) is 26.2. The summed E-state index contributed by atoms with van der Waals surface area (Å²) in [5.41, 5.74) is 4.24. The quantitative estimate of drug-likeness (QED) is 0.0925. The number of aromatic hydroxyl groups is 3. The van der Waals surface area contributed by atoms with Crippen LogP contribution in [-0.4, -0.2) is 15.3 Å². The Balaban J connectivity index is 0.000000166. The van der Waals surface area contributed by atoms with Gasteiger partial charge in [-0.15, -0.1) is 0 Å². The van der Waals surface area contributed by atoms with Crippen molar-refractivity contribution in [3.8, 4) is 28.4 Å². The number of unbranched alkanes of at least 4 members (excludes halogenated alkanes) is 2. The van der Waals surface area contributed by atoms with Crippen LogP contribution in [0.5, 0.6) is 17.2 Å². The smallest absolute Gasteiger partial charge is 0.200 e. The third-order valence-electron chi connectivity index (χ3n) is 16.3. The molecular formula is C59H80F4O3. The Morgan fingerprint density at radius 3 is 1.33 bits per heavy atom. The Morgan fingerprint density at radius 2 is 0.848 bits per heavy atom. The van der Waals surface area contributed by atoms with E-state index < -0.39 is 34.8 Å². The predicted octanol–water partition coefficient (Wildman–Crippen LogP) is 18.2. The second-order valence-electron chi connectivity index (χ2n) is 20.7. The molecule has 0 saturated heterocycles. The Labute approximate surface area is 394 Å². The van der Waals surface area contributed by atoms with Gasteiger partial charge in [-0.25, -0.2) is 13.2 Å². The van der Waals surface area contributed by atoms with Crippen LogP contribution in [-0.2, 0) is 0 Å². The van der Waals surface area contributed by atoms with E-state index >= 15 is 0 Å². The summed E-state index contributed by atoms with van der Waals surface area (Å²) in [6.07, 6.45) is 31.3. The Bertz CT molecular complexity index is 1990. The van der Waals surface area contributed by atoms with Crippen LogP contribution in [0, 0.1) is 52.9 Å². The molecule has 66 heavy (non-hydrogen) atoms. The van der Waals surface area contributed by atoms with E-state index in [0.717, 1.165) is 48.3 Å². The normalized spacial score (nSPS) is 25.5. The van der Waals surface area contributed by atoms with Crippen LogP contribution in [0.3, 0.4) is 0 Å². The van der Waals surface area contributed by atoms with Crippen molar-refractivity contribution in [2.45, 2.75) is 193 Å². The van der Waals surface area contributed by atoms with Crippen LogP contribution < -0.4 is 0 Å². The van der Waals surface area contributed by atoms with E-state index in [2.05, 4.69) is 32.9 Å². The number of rotatable bonds is 13. The fourth-order valence-corrected chi connectivity index (χ4v) is 12.2. The molecule has 0 aromatic heterocycles. The molecule has 7 heteroatoms. The van der Waals surface area contributed by atoms with Crippen LogP contribution in [0.15, 0.2) is 72.8 Å². The molecule has 4 saturated carbocycles. The fourth-order valence-electron chi connectivity index (χ4n) is 12.2. The monoisotopic (exact) mass is 913 g/mol. The maximum atomic E-state index is 14.0. The van der Waals surface area contributed by atoms with Gasteiger partial charge in [0.25, 0.3) is 0 Å². The zero-order valence-corrected chi connectivity index (χ0v) is 40.4. The molecule has 0 amide bonds. The standard InChI is InChI=1S/C21H30F2O.C21H24F2O.C17H26O/c1-2-3-14-4-6-15(7-5-14)16-8-10-17(11-9-16)18-12-19(22)21(24)20(23)13-18;1-2-3-14-4-6-15(7-5-14)16-8-10-17(11-9-16)18-12-13-19(24)21(23)20(18)22;1-2-3-4-5-14-6-8-15(9-7-14)16-10-12-17(18)13-11-16/h12-17,24H,2-11H2,1H3;8-15,24H,2-7H2,1H3;10-15,18H,2-9H2,1H3. The van der Waals surface area contributed by atoms with Crippen molar-refractivity contribution < 1.29 is 32.9 Å². The van der Waals surface area contributed by atoms with Gasteiger partial charge >= 0.3 is 0 Å². The number of hydrogen-bond acceptors (Lipinski definition) is 3. The van der Waals surface area contributed by atoms with E-state index in [1.807, 2.05) is 36.4 Å². The van der Waals surface area contributed by atoms with Crippen molar-refractivity contribution in [2.24, 2.45) is 29.6 Å². The minimum Gasteiger partial charge on any atom is -0.508 e. The highest BCUT2D eigenvalue weighted by molar-refractivity contribution is 5.65. The summed E-state index contributed by atoms with van der Waals surface area (Å²) in [6.45, 7) is 6.81. The van der Waals surface area contributed by atoms with Crippen LogP contribution in [0.25, 0.3) is 11.1 Å². The van der Waals surface area contributed by atoms with Gasteiger partial charge in [0.2, 0.25) is 5.82 Å². The molecule has 0 heterocycles. The lowest BCUT2D eigenvalue weighted by atomic mass is 9.68. The Hall–Kier alpha value is -4.00. The summed E-state index contributed by atoms with van der Waals surface area (Å²) in [5.74, 6) is 1.04. The van der Waals surface area contributed by atoms with E-state index in [0.29, 0.717) is 22.8 Å². The van der Waals surface area contributed by atoms with Crippen LogP contribution >= 0.6 is 0 Å². The average molecular weight is 913 g/mol. The van der Waals surface area contributed by atoms with E-state index in [1.165, 1.54) is 177 Å². The number of hydrogen-bond donors (Lipinski definition) is 3. The number of benzene rings is 4. The molecule has 0 aliphatic heterocycles. The molecule has 0 spiro atoms. The van der Waals surface area contributed by atoms with Gasteiger partial charge in [-0.2, -0.15) is 4.39 Å². The molecule has 4 aliphatic carbocycles. The lowest BCUT2D eigenvalue weighted by molar-refractivity contribution is 0.156. The van der Waals surface area contributed by atoms with Gasteiger partial charge in [0.15, 0.2) is 29.0 Å². The van der Waals surface area contributed by atoms with Crippen LogP contribution in [0.4, 0.5) is 17.6 Å². The van der Waals surface area contributed by atoms with Crippen molar-refractivity contribution in [3.05, 3.63) is 113 Å². The van der Waals surface area contributed by atoms with E-state index in [-0.39, 0.29) is 11.5 Å².